The molecular formula is C13H14N4O3S. The van der Waals surface area contributed by atoms with Gasteiger partial charge in [0, 0.05) is 16.9 Å². The van der Waals surface area contributed by atoms with E-state index in [1.807, 2.05) is 0 Å². The van der Waals surface area contributed by atoms with Crippen molar-refractivity contribution in [1.29, 1.82) is 0 Å². The largest absolute Gasteiger partial charge is 0.399 e. The van der Waals surface area contributed by atoms with E-state index in [1.165, 1.54) is 12.1 Å². The van der Waals surface area contributed by atoms with Crippen LogP contribution in [0.15, 0.2) is 48.5 Å². The van der Waals surface area contributed by atoms with E-state index in [4.69, 9.17) is 10.9 Å². The van der Waals surface area contributed by atoms with Crippen LogP contribution in [-0.4, -0.2) is 14.3 Å². The van der Waals surface area contributed by atoms with Crippen LogP contribution >= 0.6 is 0 Å². The van der Waals surface area contributed by atoms with Crippen molar-refractivity contribution in [3.8, 4) is 0 Å². The minimum atomic E-state index is -3.86. The molecule has 0 aliphatic rings. The lowest BCUT2D eigenvalue weighted by Gasteiger charge is -2.08. The summed E-state index contributed by atoms with van der Waals surface area (Å²) in [5.74, 6) is -0.331. The molecule has 2 aromatic rings. The molecule has 21 heavy (non-hydrogen) atoms. The van der Waals surface area contributed by atoms with Gasteiger partial charge in [-0.25, -0.2) is 5.14 Å². The summed E-state index contributed by atoms with van der Waals surface area (Å²) in [5, 5.41) is 7.53. The van der Waals surface area contributed by atoms with Crippen molar-refractivity contribution >= 4 is 33.2 Å². The van der Waals surface area contributed by atoms with E-state index >= 15 is 0 Å². The van der Waals surface area contributed by atoms with Crippen molar-refractivity contribution in [3.63, 3.8) is 0 Å². The van der Waals surface area contributed by atoms with Crippen LogP contribution in [-0.2, 0) is 10.2 Å². The molecule has 2 aromatic carbocycles. The fourth-order valence-electron chi connectivity index (χ4n) is 1.66. The molecular weight excluding hydrogens is 292 g/mol. The first-order valence-corrected chi connectivity index (χ1v) is 7.46. The summed E-state index contributed by atoms with van der Waals surface area (Å²) < 4.78 is 24.0. The van der Waals surface area contributed by atoms with E-state index in [1.54, 1.807) is 36.4 Å². The molecule has 0 saturated carbocycles. The van der Waals surface area contributed by atoms with Gasteiger partial charge < -0.3 is 11.1 Å². The average molecular weight is 306 g/mol. The van der Waals surface area contributed by atoms with E-state index < -0.39 is 10.2 Å². The first-order valence-electron chi connectivity index (χ1n) is 5.91. The van der Waals surface area contributed by atoms with Crippen LogP contribution in [0.2, 0.25) is 0 Å². The Hall–Kier alpha value is -2.58. The van der Waals surface area contributed by atoms with Crippen molar-refractivity contribution < 1.29 is 13.2 Å². The van der Waals surface area contributed by atoms with Gasteiger partial charge in [-0.15, -0.1) is 0 Å². The van der Waals surface area contributed by atoms with Crippen LogP contribution in [0.3, 0.4) is 0 Å². The fraction of sp³-hybridized carbons (Fsp3) is 0. The Labute approximate surface area is 122 Å². The second-order valence-corrected chi connectivity index (χ2v) is 5.60. The van der Waals surface area contributed by atoms with E-state index in [0.717, 1.165) is 0 Å². The molecule has 2 rings (SSSR count). The summed E-state index contributed by atoms with van der Waals surface area (Å²) in [6.07, 6.45) is 0. The number of carbonyl (C=O) groups excluding carboxylic acids is 1. The normalized spacial score (nSPS) is 10.9. The van der Waals surface area contributed by atoms with Gasteiger partial charge in [0.2, 0.25) is 0 Å². The summed E-state index contributed by atoms with van der Waals surface area (Å²) in [7, 11) is -3.86. The molecule has 0 atom stereocenters. The van der Waals surface area contributed by atoms with Gasteiger partial charge >= 0.3 is 0 Å². The Morgan fingerprint density at radius 1 is 1.00 bits per heavy atom. The lowest BCUT2D eigenvalue weighted by molar-refractivity contribution is 0.102. The first kappa shape index (κ1) is 14.8. The van der Waals surface area contributed by atoms with E-state index in [2.05, 4.69) is 10.0 Å². The first-order chi connectivity index (χ1) is 9.83. The molecule has 0 aliphatic carbocycles. The third kappa shape index (κ3) is 4.48. The number of anilines is 3. The number of hydrogen-bond acceptors (Lipinski definition) is 4. The molecule has 0 fully saturated rings. The number of rotatable bonds is 4. The lowest BCUT2D eigenvalue weighted by atomic mass is 10.2. The Bertz CT molecular complexity index is 757. The lowest BCUT2D eigenvalue weighted by Crippen LogP contribution is -2.21. The highest BCUT2D eigenvalue weighted by atomic mass is 32.2. The molecule has 0 unspecified atom stereocenters. The Morgan fingerprint density at radius 2 is 1.62 bits per heavy atom. The van der Waals surface area contributed by atoms with Crippen molar-refractivity contribution in [1.82, 2.24) is 0 Å². The molecule has 0 heterocycles. The van der Waals surface area contributed by atoms with E-state index in [-0.39, 0.29) is 11.6 Å². The molecule has 0 spiro atoms. The number of carbonyl (C=O) groups is 1. The zero-order chi connectivity index (χ0) is 15.5. The number of hydrogen-bond donors (Lipinski definition) is 4. The molecule has 8 heteroatoms. The molecule has 0 aromatic heterocycles. The van der Waals surface area contributed by atoms with Crippen molar-refractivity contribution in [2.45, 2.75) is 0 Å². The maximum absolute atomic E-state index is 12.0. The standard InChI is InChI=1S/C13H14N4O3S/c14-10-6-4-9(5-7-10)13(18)16-11-2-1-3-12(8-11)17-21(15,19)20/h1-8,17H,14H2,(H,16,18)(H2,15,19,20). The number of nitrogens with one attached hydrogen (secondary N) is 2. The molecule has 110 valence electrons. The van der Waals surface area contributed by atoms with Crippen LogP contribution < -0.4 is 20.9 Å². The van der Waals surface area contributed by atoms with Gasteiger partial charge in [-0.2, -0.15) is 8.42 Å². The molecule has 0 aliphatic heterocycles. The average Bonchev–Trinajstić information content (AvgIpc) is 2.37. The van der Waals surface area contributed by atoms with Gasteiger partial charge in [-0.05, 0) is 42.5 Å². The minimum absolute atomic E-state index is 0.257. The predicted molar refractivity (Wildman–Crippen MR) is 82.0 cm³/mol. The molecule has 0 saturated heterocycles. The SMILES string of the molecule is Nc1ccc(C(=O)Nc2cccc(NS(N)(=O)=O)c2)cc1. The Balaban J connectivity index is 2.14. The predicted octanol–water partition coefficient (Wildman–Crippen LogP) is 1.14. The monoisotopic (exact) mass is 306 g/mol. The number of nitrogens with two attached hydrogens (primary N) is 2. The molecule has 6 N–H and O–H groups in total. The highest BCUT2D eigenvalue weighted by molar-refractivity contribution is 7.90. The summed E-state index contributed by atoms with van der Waals surface area (Å²) in [6.45, 7) is 0. The maximum Gasteiger partial charge on any atom is 0.296 e. The summed E-state index contributed by atoms with van der Waals surface area (Å²) in [5.41, 5.74) is 7.24. The molecule has 0 radical (unpaired) electrons. The van der Waals surface area contributed by atoms with Crippen molar-refractivity contribution in [3.05, 3.63) is 54.1 Å². The third-order valence-corrected chi connectivity index (χ3v) is 3.07. The topological polar surface area (TPSA) is 127 Å². The number of nitrogen functional groups attached to an aromatic ring is 1. The second kappa shape index (κ2) is 5.81. The fourth-order valence-corrected chi connectivity index (χ4v) is 2.12. The highest BCUT2D eigenvalue weighted by Crippen LogP contribution is 2.17. The van der Waals surface area contributed by atoms with Crippen molar-refractivity contribution in [2.75, 3.05) is 15.8 Å². The van der Waals surface area contributed by atoms with Crippen LogP contribution in [0.5, 0.6) is 0 Å². The van der Waals surface area contributed by atoms with Gasteiger partial charge in [0.15, 0.2) is 0 Å². The van der Waals surface area contributed by atoms with E-state index in [9.17, 15) is 13.2 Å². The molecule has 1 amide bonds. The van der Waals surface area contributed by atoms with Crippen LogP contribution in [0.25, 0.3) is 0 Å². The smallest absolute Gasteiger partial charge is 0.296 e. The molecule has 0 bridgehead atoms. The zero-order valence-electron chi connectivity index (χ0n) is 10.9. The summed E-state index contributed by atoms with van der Waals surface area (Å²) in [4.78, 5) is 12.0. The number of amides is 1. The maximum atomic E-state index is 12.0. The highest BCUT2D eigenvalue weighted by Gasteiger charge is 2.07. The van der Waals surface area contributed by atoms with Crippen molar-refractivity contribution in [2.24, 2.45) is 5.14 Å². The quantitative estimate of drug-likeness (QED) is 0.631. The van der Waals surface area contributed by atoms with Gasteiger partial charge in [-0.1, -0.05) is 6.07 Å². The van der Waals surface area contributed by atoms with E-state index in [0.29, 0.717) is 16.9 Å². The Morgan fingerprint density at radius 3 is 2.24 bits per heavy atom. The van der Waals surface area contributed by atoms with Gasteiger partial charge in [0.1, 0.15) is 0 Å². The third-order valence-electron chi connectivity index (χ3n) is 2.55. The second-order valence-electron chi connectivity index (χ2n) is 4.30. The zero-order valence-corrected chi connectivity index (χ0v) is 11.7. The Kier molecular flexibility index (Phi) is 4.10. The van der Waals surface area contributed by atoms with Gasteiger partial charge in [0.05, 0.1) is 5.69 Å². The van der Waals surface area contributed by atoms with Crippen LogP contribution in [0.1, 0.15) is 10.4 Å². The number of benzene rings is 2. The van der Waals surface area contributed by atoms with Gasteiger partial charge in [-0.3, -0.25) is 9.52 Å². The minimum Gasteiger partial charge on any atom is -0.399 e. The molecule has 7 nitrogen and oxygen atoms in total. The van der Waals surface area contributed by atoms with Crippen LogP contribution in [0, 0.1) is 0 Å². The van der Waals surface area contributed by atoms with Gasteiger partial charge in [0.25, 0.3) is 16.1 Å². The summed E-state index contributed by atoms with van der Waals surface area (Å²) in [6, 6.07) is 12.6. The summed E-state index contributed by atoms with van der Waals surface area (Å²) >= 11 is 0. The van der Waals surface area contributed by atoms with Crippen LogP contribution in [0.4, 0.5) is 17.1 Å².